The first-order valence-electron chi connectivity index (χ1n) is 8.49. The Morgan fingerprint density at radius 3 is 2.34 bits per heavy atom. The number of aliphatic imine (C=N–C) groups is 1. The summed E-state index contributed by atoms with van der Waals surface area (Å²) in [6, 6.07) is 12.3. The van der Waals surface area contributed by atoms with Gasteiger partial charge < -0.3 is 26.2 Å². The summed E-state index contributed by atoms with van der Waals surface area (Å²) < 4.78 is 5.65. The molecular formula is C19H18N4O5S. The van der Waals surface area contributed by atoms with Crippen LogP contribution in [0, 0.1) is 0 Å². The number of phenols is 1. The van der Waals surface area contributed by atoms with Crippen molar-refractivity contribution in [2.45, 2.75) is 17.9 Å². The van der Waals surface area contributed by atoms with Gasteiger partial charge in [0, 0.05) is 18.2 Å². The zero-order valence-electron chi connectivity index (χ0n) is 15.3. The minimum absolute atomic E-state index is 0.0120. The molecule has 2 aromatic rings. The third kappa shape index (κ3) is 5.26. The second kappa shape index (κ2) is 8.65. The number of anilines is 1. The number of hydrogen-bond acceptors (Lipinski definition) is 7. The quantitative estimate of drug-likeness (QED) is 0.563. The Bertz CT molecular complexity index is 960. The molecule has 3 rings (SSSR count). The Labute approximate surface area is 170 Å². The van der Waals surface area contributed by atoms with E-state index in [1.54, 1.807) is 36.4 Å². The summed E-state index contributed by atoms with van der Waals surface area (Å²) in [6.07, 6.45) is 0. The number of carbonyl (C=O) groups excluding carboxylic acids is 3. The molecule has 3 amide bonds. The van der Waals surface area contributed by atoms with Crippen LogP contribution in [0.5, 0.6) is 11.5 Å². The highest BCUT2D eigenvalue weighted by Crippen LogP contribution is 2.30. The van der Waals surface area contributed by atoms with Crippen molar-refractivity contribution in [3.63, 3.8) is 0 Å². The molecule has 0 saturated carbocycles. The largest absolute Gasteiger partial charge is 0.508 e. The number of thioether (sulfide) groups is 1. The van der Waals surface area contributed by atoms with E-state index in [0.717, 1.165) is 11.8 Å². The van der Waals surface area contributed by atoms with Crippen LogP contribution >= 0.6 is 11.8 Å². The fraction of sp³-hybridized carbons (Fsp3) is 0.158. The Hall–Kier alpha value is -3.53. The summed E-state index contributed by atoms with van der Waals surface area (Å²) in [5.41, 5.74) is 5.49. The second-order valence-electron chi connectivity index (χ2n) is 6.05. The van der Waals surface area contributed by atoms with Crippen LogP contribution in [0.15, 0.2) is 53.5 Å². The van der Waals surface area contributed by atoms with E-state index in [-0.39, 0.29) is 17.4 Å². The SMILES string of the molecule is CC(=O)Nc1ccc(C(=O)NC2SC(Oc3ccc(O)cc3)N=C2C(N)=O)cc1. The van der Waals surface area contributed by atoms with Crippen LogP contribution in [0.4, 0.5) is 5.69 Å². The number of phenolic OH excluding ortho intramolecular Hbond substituents is 1. The van der Waals surface area contributed by atoms with Crippen molar-refractivity contribution >= 4 is 40.9 Å². The number of rotatable bonds is 6. The molecule has 10 heteroatoms. The Morgan fingerprint density at radius 2 is 1.76 bits per heavy atom. The maximum Gasteiger partial charge on any atom is 0.265 e. The maximum atomic E-state index is 12.5. The number of primary amides is 1. The van der Waals surface area contributed by atoms with Crippen molar-refractivity contribution < 1.29 is 24.2 Å². The van der Waals surface area contributed by atoms with Crippen LogP contribution < -0.4 is 21.1 Å². The molecular weight excluding hydrogens is 396 g/mol. The molecule has 0 aliphatic carbocycles. The molecule has 0 spiro atoms. The number of nitrogens with one attached hydrogen (secondary N) is 2. The number of ether oxygens (including phenoxy) is 1. The van der Waals surface area contributed by atoms with E-state index in [0.29, 0.717) is 17.0 Å². The van der Waals surface area contributed by atoms with Crippen LogP contribution in [-0.4, -0.2) is 39.5 Å². The highest BCUT2D eigenvalue weighted by molar-refractivity contribution is 8.01. The van der Waals surface area contributed by atoms with Crippen LogP contribution in [0.25, 0.3) is 0 Å². The number of hydrogen-bond donors (Lipinski definition) is 4. The van der Waals surface area contributed by atoms with Gasteiger partial charge in [0.1, 0.15) is 22.6 Å². The summed E-state index contributed by atoms with van der Waals surface area (Å²) >= 11 is 1.10. The molecule has 2 unspecified atom stereocenters. The standard InChI is InChI=1S/C19H18N4O5S/c1-10(24)21-12-4-2-11(3-5-12)17(27)23-18-15(16(20)26)22-19(29-18)28-14-8-6-13(25)7-9-14/h2-9,18-19,25H,1H3,(H2,20,26)(H,21,24)(H,23,27). The molecule has 1 aliphatic rings. The monoisotopic (exact) mass is 414 g/mol. The summed E-state index contributed by atoms with van der Waals surface area (Å²) in [7, 11) is 0. The summed E-state index contributed by atoms with van der Waals surface area (Å²) in [4.78, 5) is 39.4. The molecule has 1 aliphatic heterocycles. The van der Waals surface area contributed by atoms with Crippen molar-refractivity contribution in [3.05, 3.63) is 54.1 Å². The maximum absolute atomic E-state index is 12.5. The lowest BCUT2D eigenvalue weighted by molar-refractivity contribution is -0.114. The normalized spacial score (nSPS) is 17.9. The second-order valence-corrected chi connectivity index (χ2v) is 7.19. The average molecular weight is 414 g/mol. The number of amides is 3. The number of aromatic hydroxyl groups is 1. The van der Waals surface area contributed by atoms with Gasteiger partial charge in [-0.15, -0.1) is 0 Å². The molecule has 0 aromatic heterocycles. The van der Waals surface area contributed by atoms with Gasteiger partial charge in [0.05, 0.1) is 0 Å². The lowest BCUT2D eigenvalue weighted by atomic mass is 10.2. The van der Waals surface area contributed by atoms with Gasteiger partial charge in [-0.25, -0.2) is 4.99 Å². The van der Waals surface area contributed by atoms with Crippen LogP contribution in [-0.2, 0) is 9.59 Å². The Kier molecular flexibility index (Phi) is 6.03. The predicted molar refractivity (Wildman–Crippen MR) is 109 cm³/mol. The number of nitrogens with zero attached hydrogens (tertiary/aromatic N) is 1. The Morgan fingerprint density at radius 1 is 1.10 bits per heavy atom. The van der Waals surface area contributed by atoms with Crippen molar-refractivity contribution in [3.8, 4) is 11.5 Å². The first-order valence-corrected chi connectivity index (χ1v) is 9.43. The van der Waals surface area contributed by atoms with Crippen LogP contribution in [0.2, 0.25) is 0 Å². The molecule has 2 aromatic carbocycles. The third-order valence-corrected chi connectivity index (χ3v) is 4.85. The summed E-state index contributed by atoms with van der Waals surface area (Å²) in [6.45, 7) is 1.39. The molecule has 5 N–H and O–H groups in total. The van der Waals surface area contributed by atoms with E-state index in [1.807, 2.05) is 0 Å². The molecule has 1 heterocycles. The molecule has 2 atom stereocenters. The van der Waals surface area contributed by atoms with E-state index in [9.17, 15) is 19.5 Å². The van der Waals surface area contributed by atoms with Crippen LogP contribution in [0.3, 0.4) is 0 Å². The molecule has 0 bridgehead atoms. The molecule has 0 radical (unpaired) electrons. The highest BCUT2D eigenvalue weighted by atomic mass is 32.2. The van der Waals surface area contributed by atoms with Gasteiger partial charge in [-0.3, -0.25) is 14.4 Å². The topological polar surface area (TPSA) is 143 Å². The molecule has 150 valence electrons. The van der Waals surface area contributed by atoms with Gasteiger partial charge >= 0.3 is 0 Å². The average Bonchev–Trinajstić information content (AvgIpc) is 3.06. The molecule has 0 fully saturated rings. The van der Waals surface area contributed by atoms with Gasteiger partial charge in [0.25, 0.3) is 11.8 Å². The van der Waals surface area contributed by atoms with E-state index < -0.39 is 22.7 Å². The van der Waals surface area contributed by atoms with Crippen molar-refractivity contribution in [2.24, 2.45) is 10.7 Å². The van der Waals surface area contributed by atoms with Crippen molar-refractivity contribution in [2.75, 3.05) is 5.32 Å². The van der Waals surface area contributed by atoms with Gasteiger partial charge in [-0.2, -0.15) is 0 Å². The number of nitrogens with two attached hydrogens (primary N) is 1. The predicted octanol–water partition coefficient (Wildman–Crippen LogP) is 1.44. The summed E-state index contributed by atoms with van der Waals surface area (Å²) in [5, 5.41) is 13.9. The minimum Gasteiger partial charge on any atom is -0.508 e. The fourth-order valence-corrected chi connectivity index (χ4v) is 3.55. The minimum atomic E-state index is -0.783. The van der Waals surface area contributed by atoms with E-state index in [1.165, 1.54) is 19.1 Å². The first-order chi connectivity index (χ1) is 13.8. The highest BCUT2D eigenvalue weighted by Gasteiger charge is 2.34. The van der Waals surface area contributed by atoms with Crippen molar-refractivity contribution in [1.82, 2.24) is 5.32 Å². The van der Waals surface area contributed by atoms with Gasteiger partial charge in [0.2, 0.25) is 11.5 Å². The first kappa shape index (κ1) is 20.2. The van der Waals surface area contributed by atoms with Gasteiger partial charge in [-0.05, 0) is 48.5 Å². The van der Waals surface area contributed by atoms with Crippen molar-refractivity contribution in [1.29, 1.82) is 0 Å². The zero-order valence-corrected chi connectivity index (χ0v) is 16.1. The van der Waals surface area contributed by atoms with Gasteiger partial charge in [-0.1, -0.05) is 11.8 Å². The lowest BCUT2D eigenvalue weighted by Gasteiger charge is -2.15. The van der Waals surface area contributed by atoms with E-state index in [4.69, 9.17) is 10.5 Å². The molecule has 9 nitrogen and oxygen atoms in total. The summed E-state index contributed by atoms with van der Waals surface area (Å²) in [5.74, 6) is -0.885. The fourth-order valence-electron chi connectivity index (χ4n) is 2.49. The van der Waals surface area contributed by atoms with Crippen LogP contribution in [0.1, 0.15) is 17.3 Å². The van der Waals surface area contributed by atoms with Gasteiger partial charge in [0.15, 0.2) is 0 Å². The number of benzene rings is 2. The molecule has 29 heavy (non-hydrogen) atoms. The van der Waals surface area contributed by atoms with E-state index >= 15 is 0 Å². The molecule has 0 saturated heterocycles. The lowest BCUT2D eigenvalue weighted by Crippen LogP contribution is -2.42. The smallest absolute Gasteiger partial charge is 0.265 e. The number of carbonyl (C=O) groups is 3. The Balaban J connectivity index is 1.66. The third-order valence-electron chi connectivity index (χ3n) is 3.80. The van der Waals surface area contributed by atoms with E-state index in [2.05, 4.69) is 15.6 Å². The zero-order chi connectivity index (χ0) is 21.0.